The molecule has 0 saturated carbocycles. The number of ether oxygens (including phenoxy) is 1. The van der Waals surface area contributed by atoms with Gasteiger partial charge in [0.15, 0.2) is 5.82 Å². The smallest absolute Gasteiger partial charge is 0.431 e. The number of rotatable bonds is 6. The van der Waals surface area contributed by atoms with Crippen molar-refractivity contribution >= 4 is 68.7 Å². The number of nitrogens with one attached hydrogen (secondary N) is 2. The molecule has 2 aromatic carbocycles. The van der Waals surface area contributed by atoms with Gasteiger partial charge in [-0.25, -0.2) is 15.0 Å². The van der Waals surface area contributed by atoms with Crippen molar-refractivity contribution in [2.24, 2.45) is 5.10 Å². The van der Waals surface area contributed by atoms with Crippen LogP contribution in [0.2, 0.25) is 10.0 Å². The van der Waals surface area contributed by atoms with E-state index in [2.05, 4.69) is 25.7 Å². The molecule has 9 nitrogen and oxygen atoms in total. The third kappa shape index (κ3) is 5.74. The van der Waals surface area contributed by atoms with Crippen LogP contribution in [0.3, 0.4) is 0 Å². The number of halogens is 5. The molecule has 41 heavy (non-hydrogen) atoms. The van der Waals surface area contributed by atoms with E-state index in [0.717, 1.165) is 5.01 Å². The van der Waals surface area contributed by atoms with Gasteiger partial charge >= 0.3 is 6.18 Å². The lowest BCUT2D eigenvalue weighted by atomic mass is 10.0. The first-order chi connectivity index (χ1) is 19.6. The summed E-state index contributed by atoms with van der Waals surface area (Å²) in [6, 6.07) is 12.9. The number of pyridine rings is 2. The largest absolute Gasteiger partial charge is 0.481 e. The fraction of sp³-hybridized carbons (Fsp3) is 0.148. The standard InChI is InChI=1S/C27H19Cl2F3N6O3/c1-41-21-9-8-15(13-34-21)35-25(39)17-11-14-5-2-3-6-16(14)22(29)23(17)36-26(40)19-12-20(27(30,31)32)37-38(19)24-18(28)7-4-10-33-24/h2-11,13,19H,12H2,1H3,(H,35,39)(H,36,40). The number of methoxy groups -OCH3 is 1. The summed E-state index contributed by atoms with van der Waals surface area (Å²) in [7, 11) is 1.45. The number of alkyl halides is 3. The van der Waals surface area contributed by atoms with Gasteiger partial charge in [-0.1, -0.05) is 47.5 Å². The maximum absolute atomic E-state index is 13.6. The number of carbonyl (C=O) groups excluding carboxylic acids is 2. The number of nitrogens with zero attached hydrogens (tertiary/aromatic N) is 4. The predicted molar refractivity (Wildman–Crippen MR) is 150 cm³/mol. The topological polar surface area (TPSA) is 109 Å². The molecule has 2 aromatic heterocycles. The van der Waals surface area contributed by atoms with E-state index in [0.29, 0.717) is 22.3 Å². The van der Waals surface area contributed by atoms with E-state index < -0.39 is 36.2 Å². The molecule has 210 valence electrons. The Balaban J connectivity index is 1.52. The second-order valence-electron chi connectivity index (χ2n) is 8.78. The Labute approximate surface area is 240 Å². The van der Waals surface area contributed by atoms with Gasteiger partial charge in [0.1, 0.15) is 11.8 Å². The summed E-state index contributed by atoms with van der Waals surface area (Å²) in [5.74, 6) is -1.36. The highest BCUT2D eigenvalue weighted by molar-refractivity contribution is 6.40. The number of benzene rings is 2. The zero-order chi connectivity index (χ0) is 29.3. The van der Waals surface area contributed by atoms with Gasteiger partial charge < -0.3 is 15.4 Å². The van der Waals surface area contributed by atoms with Crippen LogP contribution in [0.15, 0.2) is 72.1 Å². The van der Waals surface area contributed by atoms with Crippen molar-refractivity contribution in [1.29, 1.82) is 0 Å². The van der Waals surface area contributed by atoms with Gasteiger partial charge in [0, 0.05) is 24.1 Å². The number of hydrogen-bond acceptors (Lipinski definition) is 7. The lowest BCUT2D eigenvalue weighted by Crippen LogP contribution is -2.40. The Morgan fingerprint density at radius 3 is 2.51 bits per heavy atom. The van der Waals surface area contributed by atoms with Gasteiger partial charge in [0.25, 0.3) is 5.91 Å². The molecular formula is C27H19Cl2F3N6O3. The number of aromatic nitrogens is 2. The highest BCUT2D eigenvalue weighted by Crippen LogP contribution is 2.38. The van der Waals surface area contributed by atoms with Crippen LogP contribution in [-0.2, 0) is 4.79 Å². The molecule has 0 radical (unpaired) electrons. The number of hydrogen-bond donors (Lipinski definition) is 2. The van der Waals surface area contributed by atoms with Crippen molar-refractivity contribution in [3.63, 3.8) is 0 Å². The van der Waals surface area contributed by atoms with Gasteiger partial charge in [-0.05, 0) is 29.7 Å². The summed E-state index contributed by atoms with van der Waals surface area (Å²) in [4.78, 5) is 35.1. The first-order valence-electron chi connectivity index (χ1n) is 11.9. The maximum Gasteiger partial charge on any atom is 0.431 e. The van der Waals surface area contributed by atoms with Crippen LogP contribution in [0.4, 0.5) is 30.4 Å². The zero-order valence-electron chi connectivity index (χ0n) is 21.0. The van der Waals surface area contributed by atoms with Crippen LogP contribution in [-0.4, -0.2) is 46.8 Å². The van der Waals surface area contributed by atoms with E-state index >= 15 is 0 Å². The molecule has 0 bridgehead atoms. The minimum absolute atomic E-state index is 0.00520. The van der Waals surface area contributed by atoms with Gasteiger partial charge in [-0.15, -0.1) is 0 Å². The van der Waals surface area contributed by atoms with Crippen LogP contribution in [0.5, 0.6) is 5.88 Å². The highest BCUT2D eigenvalue weighted by Gasteiger charge is 2.46. The molecule has 0 aliphatic carbocycles. The van der Waals surface area contributed by atoms with Crippen LogP contribution >= 0.6 is 23.2 Å². The van der Waals surface area contributed by atoms with E-state index in [1.165, 1.54) is 37.7 Å². The van der Waals surface area contributed by atoms with E-state index in [9.17, 15) is 22.8 Å². The SMILES string of the molecule is COc1ccc(NC(=O)c2cc3ccccc3c(Cl)c2NC(=O)C2CC(C(F)(F)F)=NN2c2ncccc2Cl)cn1. The highest BCUT2D eigenvalue weighted by atomic mass is 35.5. The van der Waals surface area contributed by atoms with E-state index in [-0.39, 0.29) is 27.1 Å². The third-order valence-corrected chi connectivity index (χ3v) is 6.87. The molecular weight excluding hydrogens is 584 g/mol. The van der Waals surface area contributed by atoms with Crippen LogP contribution in [0, 0.1) is 0 Å². The monoisotopic (exact) mass is 602 g/mol. The van der Waals surface area contributed by atoms with Gasteiger partial charge in [-0.3, -0.25) is 9.59 Å². The zero-order valence-corrected chi connectivity index (χ0v) is 22.6. The minimum Gasteiger partial charge on any atom is -0.481 e. The molecule has 0 saturated heterocycles. The van der Waals surface area contributed by atoms with Crippen molar-refractivity contribution in [2.45, 2.75) is 18.6 Å². The summed E-state index contributed by atoms with van der Waals surface area (Å²) >= 11 is 12.9. The van der Waals surface area contributed by atoms with Crippen LogP contribution in [0.1, 0.15) is 16.8 Å². The fourth-order valence-electron chi connectivity index (χ4n) is 4.21. The molecule has 1 unspecified atom stereocenters. The van der Waals surface area contributed by atoms with Crippen molar-refractivity contribution < 1.29 is 27.5 Å². The van der Waals surface area contributed by atoms with Crippen molar-refractivity contribution in [3.8, 4) is 5.88 Å². The Morgan fingerprint density at radius 2 is 1.83 bits per heavy atom. The predicted octanol–water partition coefficient (Wildman–Crippen LogP) is 6.33. The number of hydrazone groups is 1. The lowest BCUT2D eigenvalue weighted by Gasteiger charge is -2.23. The summed E-state index contributed by atoms with van der Waals surface area (Å²) in [5, 5.41) is 10.8. The second kappa shape index (κ2) is 11.2. The molecule has 3 heterocycles. The Morgan fingerprint density at radius 1 is 1.05 bits per heavy atom. The minimum atomic E-state index is -4.80. The van der Waals surface area contributed by atoms with Gasteiger partial charge in [-0.2, -0.15) is 18.3 Å². The maximum atomic E-state index is 13.6. The molecule has 5 rings (SSSR count). The quantitative estimate of drug-likeness (QED) is 0.267. The number of fused-ring (bicyclic) bond motifs is 1. The Kier molecular flexibility index (Phi) is 7.70. The van der Waals surface area contributed by atoms with E-state index in [1.807, 2.05) is 0 Å². The van der Waals surface area contributed by atoms with E-state index in [1.54, 1.807) is 36.4 Å². The number of anilines is 3. The Hall–Kier alpha value is -4.42. The summed E-state index contributed by atoms with van der Waals surface area (Å²) < 4.78 is 46.0. The first-order valence-corrected chi connectivity index (χ1v) is 12.7. The van der Waals surface area contributed by atoms with Crippen LogP contribution in [0.25, 0.3) is 10.8 Å². The number of amides is 2. The summed E-state index contributed by atoms with van der Waals surface area (Å²) in [6.07, 6.45) is -2.90. The average molecular weight is 603 g/mol. The molecule has 0 spiro atoms. The first kappa shape index (κ1) is 28.1. The molecule has 14 heteroatoms. The molecule has 1 aliphatic rings. The summed E-state index contributed by atoms with van der Waals surface area (Å²) in [5.41, 5.74) is -0.988. The second-order valence-corrected chi connectivity index (χ2v) is 9.57. The average Bonchev–Trinajstić information content (AvgIpc) is 3.41. The molecule has 0 fully saturated rings. The molecule has 1 atom stereocenters. The van der Waals surface area contributed by atoms with Crippen molar-refractivity contribution in [3.05, 3.63) is 82.6 Å². The van der Waals surface area contributed by atoms with Crippen LogP contribution < -0.4 is 20.4 Å². The number of carbonyl (C=O) groups is 2. The molecule has 1 aliphatic heterocycles. The lowest BCUT2D eigenvalue weighted by molar-refractivity contribution is -0.117. The fourth-order valence-corrected chi connectivity index (χ4v) is 4.74. The third-order valence-electron chi connectivity index (χ3n) is 6.18. The normalized spacial score (nSPS) is 15.0. The van der Waals surface area contributed by atoms with E-state index in [4.69, 9.17) is 27.9 Å². The summed E-state index contributed by atoms with van der Waals surface area (Å²) in [6.45, 7) is 0. The molecule has 4 aromatic rings. The van der Waals surface area contributed by atoms with Gasteiger partial charge in [0.05, 0.1) is 40.3 Å². The Bertz CT molecular complexity index is 1680. The molecule has 2 amide bonds. The molecule has 2 N–H and O–H groups in total. The van der Waals surface area contributed by atoms with Crippen molar-refractivity contribution in [2.75, 3.05) is 22.8 Å². The van der Waals surface area contributed by atoms with Crippen molar-refractivity contribution in [1.82, 2.24) is 9.97 Å². The van der Waals surface area contributed by atoms with Gasteiger partial charge in [0.2, 0.25) is 11.8 Å².